The molecule has 0 radical (unpaired) electrons. The first-order valence-corrected chi connectivity index (χ1v) is 12.1. The van der Waals surface area contributed by atoms with Crippen molar-refractivity contribution in [3.8, 4) is 5.75 Å². The van der Waals surface area contributed by atoms with Crippen molar-refractivity contribution in [1.82, 2.24) is 4.90 Å². The maximum Gasteiger partial charge on any atom is 0.293 e. The maximum atomic E-state index is 12.8. The van der Waals surface area contributed by atoms with Gasteiger partial charge in [-0.1, -0.05) is 51.8 Å². The number of nitrogens with one attached hydrogen (secondary N) is 1. The monoisotopic (exact) mass is 556 g/mol. The first kappa shape index (κ1) is 24.1. The lowest BCUT2D eigenvalue weighted by atomic mass is 10.2. The average molecular weight is 558 g/mol. The van der Waals surface area contributed by atoms with Gasteiger partial charge in [0, 0.05) is 15.2 Å². The molecule has 3 amide bonds. The molecule has 0 unspecified atom stereocenters. The molecular weight excluding hydrogens is 540 g/mol. The summed E-state index contributed by atoms with van der Waals surface area (Å²) in [7, 11) is 0. The van der Waals surface area contributed by atoms with Crippen LogP contribution in [0.1, 0.15) is 11.1 Å². The Labute approximate surface area is 214 Å². The molecule has 34 heavy (non-hydrogen) atoms. The number of carbonyl (C=O) groups excluding carboxylic acids is 3. The van der Waals surface area contributed by atoms with Crippen molar-refractivity contribution in [2.75, 3.05) is 11.9 Å². The van der Waals surface area contributed by atoms with Crippen LogP contribution in [0.3, 0.4) is 0 Å². The Hall–Kier alpha value is -3.07. The number of hydrogen-bond donors (Lipinski definition) is 1. The zero-order valence-electron chi connectivity index (χ0n) is 17.7. The van der Waals surface area contributed by atoms with E-state index in [-0.39, 0.29) is 30.2 Å². The van der Waals surface area contributed by atoms with E-state index in [0.717, 1.165) is 21.8 Å². The fraction of sp³-hybridized carbons (Fsp3) is 0.0800. The van der Waals surface area contributed by atoms with Gasteiger partial charge in [-0.05, 0) is 77.5 Å². The van der Waals surface area contributed by atoms with Crippen LogP contribution in [0.25, 0.3) is 6.08 Å². The van der Waals surface area contributed by atoms with Gasteiger partial charge in [-0.2, -0.15) is 0 Å². The quantitative estimate of drug-likeness (QED) is 0.342. The minimum atomic E-state index is -0.341. The number of rotatable bonds is 7. The highest BCUT2D eigenvalue weighted by Crippen LogP contribution is 2.33. The van der Waals surface area contributed by atoms with Crippen molar-refractivity contribution < 1.29 is 19.1 Å². The number of amides is 3. The van der Waals surface area contributed by atoms with Crippen LogP contribution in [-0.2, 0) is 16.1 Å². The smallest absolute Gasteiger partial charge is 0.293 e. The molecule has 0 atom stereocenters. The summed E-state index contributed by atoms with van der Waals surface area (Å²) in [6.07, 6.45) is 1.65. The molecule has 1 heterocycles. The highest BCUT2D eigenvalue weighted by atomic mass is 79.9. The summed E-state index contributed by atoms with van der Waals surface area (Å²) in [6, 6.07) is 21.2. The van der Waals surface area contributed by atoms with E-state index >= 15 is 0 Å². The molecule has 0 bridgehead atoms. The van der Waals surface area contributed by atoms with Crippen LogP contribution in [0, 0.1) is 0 Å². The molecule has 0 spiro atoms. The highest BCUT2D eigenvalue weighted by Gasteiger charge is 2.34. The molecule has 4 rings (SSSR count). The van der Waals surface area contributed by atoms with Gasteiger partial charge >= 0.3 is 0 Å². The van der Waals surface area contributed by atoms with Crippen molar-refractivity contribution in [3.63, 3.8) is 0 Å². The fourth-order valence-electron chi connectivity index (χ4n) is 3.13. The largest absolute Gasteiger partial charge is 0.484 e. The molecule has 1 aliphatic rings. The lowest BCUT2D eigenvalue weighted by Gasteiger charge is -2.12. The first-order chi connectivity index (χ1) is 16.4. The highest BCUT2D eigenvalue weighted by molar-refractivity contribution is 9.10. The molecule has 3 aromatic rings. The number of nitrogens with zero attached hydrogens (tertiary/aromatic N) is 1. The summed E-state index contributed by atoms with van der Waals surface area (Å²) in [5, 5.41) is 2.99. The van der Waals surface area contributed by atoms with E-state index in [4.69, 9.17) is 16.3 Å². The summed E-state index contributed by atoms with van der Waals surface area (Å²) in [5.41, 5.74) is 2.16. The van der Waals surface area contributed by atoms with E-state index in [1.54, 1.807) is 54.6 Å². The molecular formula is C25H18BrClN2O4S. The summed E-state index contributed by atoms with van der Waals surface area (Å²) in [6.45, 7) is 0.0248. The third-order valence-corrected chi connectivity index (χ3v) is 6.47. The predicted molar refractivity (Wildman–Crippen MR) is 138 cm³/mol. The summed E-state index contributed by atoms with van der Waals surface area (Å²) < 4.78 is 6.51. The van der Waals surface area contributed by atoms with Crippen molar-refractivity contribution in [1.29, 1.82) is 0 Å². The van der Waals surface area contributed by atoms with E-state index in [2.05, 4.69) is 21.2 Å². The number of imide groups is 1. The average Bonchev–Trinajstić information content (AvgIpc) is 3.08. The zero-order chi connectivity index (χ0) is 24.1. The van der Waals surface area contributed by atoms with E-state index in [1.165, 1.54) is 4.90 Å². The zero-order valence-corrected chi connectivity index (χ0v) is 20.8. The molecule has 0 aromatic heterocycles. The van der Waals surface area contributed by atoms with Gasteiger partial charge in [0.2, 0.25) is 0 Å². The summed E-state index contributed by atoms with van der Waals surface area (Å²) in [5.74, 6) is -0.192. The second-order valence-electron chi connectivity index (χ2n) is 7.31. The van der Waals surface area contributed by atoms with Crippen LogP contribution in [0.2, 0.25) is 5.02 Å². The number of benzene rings is 3. The van der Waals surface area contributed by atoms with Gasteiger partial charge in [-0.25, -0.2) is 0 Å². The Balaban J connectivity index is 1.38. The van der Waals surface area contributed by atoms with Crippen LogP contribution < -0.4 is 10.1 Å². The molecule has 172 valence electrons. The molecule has 6 nitrogen and oxygen atoms in total. The standard InChI is InChI=1S/C25H18BrClN2O4S/c26-18-6-4-16(5-7-18)14-29-24(31)22(34-25(29)32)13-17-2-1-3-21(12-17)33-15-23(30)28-20-10-8-19(27)9-11-20/h1-13H,14-15H2,(H,28,30)/b22-13-. The number of hydrogen-bond acceptors (Lipinski definition) is 5. The lowest BCUT2D eigenvalue weighted by molar-refractivity contribution is -0.123. The SMILES string of the molecule is O=C(COc1cccc(/C=C2\SC(=O)N(Cc3ccc(Br)cc3)C2=O)c1)Nc1ccc(Cl)cc1. The molecule has 1 fully saturated rings. The number of ether oxygens (including phenoxy) is 1. The minimum absolute atomic E-state index is 0.185. The fourth-order valence-corrected chi connectivity index (χ4v) is 4.36. The van der Waals surface area contributed by atoms with E-state index < -0.39 is 0 Å². The Morgan fingerprint density at radius 1 is 1.06 bits per heavy atom. The van der Waals surface area contributed by atoms with Crippen molar-refractivity contribution in [2.24, 2.45) is 0 Å². The van der Waals surface area contributed by atoms with E-state index in [1.807, 2.05) is 24.3 Å². The molecule has 0 aliphatic carbocycles. The molecule has 1 N–H and O–H groups in total. The Kier molecular flexibility index (Phi) is 7.72. The van der Waals surface area contributed by atoms with Crippen molar-refractivity contribution in [2.45, 2.75) is 6.54 Å². The van der Waals surface area contributed by atoms with Crippen LogP contribution >= 0.6 is 39.3 Å². The summed E-state index contributed by atoms with van der Waals surface area (Å²) >= 11 is 10.1. The lowest BCUT2D eigenvalue weighted by Crippen LogP contribution is -2.27. The number of carbonyl (C=O) groups is 3. The van der Waals surface area contributed by atoms with Gasteiger partial charge in [0.1, 0.15) is 5.75 Å². The predicted octanol–water partition coefficient (Wildman–Crippen LogP) is 6.36. The van der Waals surface area contributed by atoms with Crippen LogP contribution in [0.4, 0.5) is 10.5 Å². The van der Waals surface area contributed by atoms with Gasteiger partial charge in [-0.15, -0.1) is 0 Å². The van der Waals surface area contributed by atoms with E-state index in [9.17, 15) is 14.4 Å². The van der Waals surface area contributed by atoms with Crippen LogP contribution in [0.5, 0.6) is 5.75 Å². The van der Waals surface area contributed by atoms with Crippen LogP contribution in [0.15, 0.2) is 82.2 Å². The normalized spacial score (nSPS) is 14.5. The third-order valence-electron chi connectivity index (χ3n) is 4.78. The number of halogens is 2. The maximum absolute atomic E-state index is 12.8. The van der Waals surface area contributed by atoms with Gasteiger partial charge < -0.3 is 10.1 Å². The van der Waals surface area contributed by atoms with E-state index in [0.29, 0.717) is 26.9 Å². The third kappa shape index (κ3) is 6.28. The number of anilines is 1. The van der Waals surface area contributed by atoms with Gasteiger partial charge in [-0.3, -0.25) is 19.3 Å². The Morgan fingerprint density at radius 2 is 1.79 bits per heavy atom. The van der Waals surface area contributed by atoms with Crippen molar-refractivity contribution in [3.05, 3.63) is 98.3 Å². The number of thioether (sulfide) groups is 1. The molecule has 1 aliphatic heterocycles. The topological polar surface area (TPSA) is 75.7 Å². The Morgan fingerprint density at radius 3 is 2.53 bits per heavy atom. The molecule has 1 saturated heterocycles. The second kappa shape index (κ2) is 10.9. The first-order valence-electron chi connectivity index (χ1n) is 10.2. The van der Waals surface area contributed by atoms with Crippen LogP contribution in [-0.4, -0.2) is 28.6 Å². The van der Waals surface area contributed by atoms with Gasteiger partial charge in [0.05, 0.1) is 11.4 Å². The Bertz CT molecular complexity index is 1260. The minimum Gasteiger partial charge on any atom is -0.484 e. The van der Waals surface area contributed by atoms with Gasteiger partial charge in [0.15, 0.2) is 6.61 Å². The second-order valence-corrected chi connectivity index (χ2v) is 9.66. The molecule has 9 heteroatoms. The molecule has 0 saturated carbocycles. The summed E-state index contributed by atoms with van der Waals surface area (Å²) in [4.78, 5) is 38.9. The molecule has 3 aromatic carbocycles. The van der Waals surface area contributed by atoms with Crippen molar-refractivity contribution >= 4 is 68.1 Å². The van der Waals surface area contributed by atoms with Gasteiger partial charge in [0.25, 0.3) is 17.1 Å².